The highest BCUT2D eigenvalue weighted by Gasteiger charge is 2.26. The quantitative estimate of drug-likeness (QED) is 0.434. The van der Waals surface area contributed by atoms with E-state index in [-0.39, 0.29) is 23.1 Å². The van der Waals surface area contributed by atoms with Gasteiger partial charge in [-0.1, -0.05) is 25.4 Å². The van der Waals surface area contributed by atoms with Crippen molar-refractivity contribution >= 4 is 35.1 Å². The summed E-state index contributed by atoms with van der Waals surface area (Å²) in [5.74, 6) is -0.950. The zero-order chi connectivity index (χ0) is 20.8. The van der Waals surface area contributed by atoms with E-state index in [1.54, 1.807) is 4.90 Å². The summed E-state index contributed by atoms with van der Waals surface area (Å²) >= 11 is 5.69. The maximum absolute atomic E-state index is 12.2. The molecule has 0 aromatic heterocycles. The molecule has 0 saturated carbocycles. The van der Waals surface area contributed by atoms with E-state index in [4.69, 9.17) is 16.3 Å². The van der Waals surface area contributed by atoms with Crippen LogP contribution in [0.25, 0.3) is 0 Å². The van der Waals surface area contributed by atoms with Crippen molar-refractivity contribution < 1.29 is 24.0 Å². The highest BCUT2D eigenvalue weighted by molar-refractivity contribution is 6.32. The average molecular weight is 412 g/mol. The Morgan fingerprint density at radius 3 is 2.54 bits per heavy atom. The van der Waals surface area contributed by atoms with Gasteiger partial charge < -0.3 is 15.0 Å². The van der Waals surface area contributed by atoms with Crippen LogP contribution in [0.2, 0.25) is 5.02 Å². The van der Waals surface area contributed by atoms with Crippen molar-refractivity contribution in [3.8, 4) is 0 Å². The summed E-state index contributed by atoms with van der Waals surface area (Å²) in [6, 6.07) is 3.55. The molecule has 1 aliphatic rings. The lowest BCUT2D eigenvalue weighted by atomic mass is 9.92. The second-order valence-electron chi connectivity index (χ2n) is 7.01. The third-order valence-corrected chi connectivity index (χ3v) is 4.70. The molecule has 0 spiro atoms. The van der Waals surface area contributed by atoms with E-state index in [1.807, 2.05) is 0 Å². The molecule has 1 aliphatic heterocycles. The SMILES string of the molecule is CC1CC(C)CN(C(=O)COC(=O)CNC(=O)c2ccc(Cl)c([N+](=O)[O-])c2)C1. The summed E-state index contributed by atoms with van der Waals surface area (Å²) in [7, 11) is 0. The first-order valence-corrected chi connectivity index (χ1v) is 9.20. The lowest BCUT2D eigenvalue weighted by molar-refractivity contribution is -0.384. The van der Waals surface area contributed by atoms with Crippen LogP contribution in [0.3, 0.4) is 0 Å². The molecule has 0 radical (unpaired) electrons. The van der Waals surface area contributed by atoms with Gasteiger partial charge in [-0.25, -0.2) is 0 Å². The van der Waals surface area contributed by atoms with Crippen molar-refractivity contribution in [2.75, 3.05) is 26.2 Å². The van der Waals surface area contributed by atoms with Gasteiger partial charge in [0.05, 0.1) is 4.92 Å². The minimum Gasteiger partial charge on any atom is -0.454 e. The third-order valence-electron chi connectivity index (χ3n) is 4.38. The number of esters is 1. The van der Waals surface area contributed by atoms with E-state index < -0.39 is 29.0 Å². The Morgan fingerprint density at radius 1 is 1.29 bits per heavy atom. The summed E-state index contributed by atoms with van der Waals surface area (Å²) in [6.07, 6.45) is 1.05. The third kappa shape index (κ3) is 5.91. The number of ether oxygens (including phenoxy) is 1. The van der Waals surface area contributed by atoms with Crippen LogP contribution in [-0.2, 0) is 14.3 Å². The van der Waals surface area contributed by atoms with E-state index >= 15 is 0 Å². The van der Waals surface area contributed by atoms with Crippen molar-refractivity contribution in [3.05, 3.63) is 38.9 Å². The van der Waals surface area contributed by atoms with E-state index in [0.717, 1.165) is 12.5 Å². The number of nitro benzene ring substituents is 1. The zero-order valence-corrected chi connectivity index (χ0v) is 16.4. The first kappa shape index (κ1) is 21.6. The molecule has 1 N–H and O–H groups in total. The average Bonchev–Trinajstić information content (AvgIpc) is 2.63. The molecule has 2 atom stereocenters. The first-order valence-electron chi connectivity index (χ1n) is 8.83. The second kappa shape index (κ2) is 9.50. The molecule has 9 nitrogen and oxygen atoms in total. The maximum Gasteiger partial charge on any atom is 0.325 e. The number of halogens is 1. The number of benzene rings is 1. The van der Waals surface area contributed by atoms with Gasteiger partial charge in [-0.2, -0.15) is 0 Å². The molecule has 1 saturated heterocycles. The van der Waals surface area contributed by atoms with Crippen LogP contribution in [0, 0.1) is 22.0 Å². The van der Waals surface area contributed by atoms with Gasteiger partial charge in [0.15, 0.2) is 6.61 Å². The standard InChI is InChI=1S/C18H22ClN3O6/c1-11-5-12(2)9-21(8-11)16(23)10-28-17(24)7-20-18(25)13-3-4-14(19)15(6-13)22(26)27/h3-4,6,11-12H,5,7-10H2,1-2H3,(H,20,25). The molecular weight excluding hydrogens is 390 g/mol. The number of carbonyl (C=O) groups is 3. The second-order valence-corrected chi connectivity index (χ2v) is 7.42. The zero-order valence-electron chi connectivity index (χ0n) is 15.6. The number of rotatable bonds is 6. The fraction of sp³-hybridized carbons (Fsp3) is 0.500. The number of nitrogens with zero attached hydrogens (tertiary/aromatic N) is 2. The minimum atomic E-state index is -0.775. The molecule has 1 heterocycles. The molecule has 2 amide bonds. The van der Waals surface area contributed by atoms with Gasteiger partial charge in [0.25, 0.3) is 17.5 Å². The Labute approximate surface area is 167 Å². The van der Waals surface area contributed by atoms with Gasteiger partial charge >= 0.3 is 5.97 Å². The summed E-state index contributed by atoms with van der Waals surface area (Å²) in [5.41, 5.74) is -0.427. The largest absolute Gasteiger partial charge is 0.454 e. The molecular formula is C18H22ClN3O6. The Bertz CT molecular complexity index is 775. The van der Waals surface area contributed by atoms with Gasteiger partial charge in [-0.15, -0.1) is 0 Å². The van der Waals surface area contributed by atoms with Gasteiger partial charge in [0, 0.05) is 24.7 Å². The molecule has 1 aromatic carbocycles. The number of nitro groups is 1. The predicted octanol–water partition coefficient (Wildman–Crippen LogP) is 2.03. The molecule has 28 heavy (non-hydrogen) atoms. The molecule has 10 heteroatoms. The predicted molar refractivity (Wildman–Crippen MR) is 101 cm³/mol. The Morgan fingerprint density at radius 2 is 1.93 bits per heavy atom. The lowest BCUT2D eigenvalue weighted by Crippen LogP contribution is -2.44. The van der Waals surface area contributed by atoms with E-state index in [0.29, 0.717) is 24.9 Å². The van der Waals surface area contributed by atoms with E-state index in [2.05, 4.69) is 19.2 Å². The number of piperidine rings is 1. The van der Waals surface area contributed by atoms with Gasteiger partial charge in [-0.05, 0) is 30.4 Å². The van der Waals surface area contributed by atoms with Crippen molar-refractivity contribution in [1.29, 1.82) is 0 Å². The van der Waals surface area contributed by atoms with Crippen LogP contribution in [0.5, 0.6) is 0 Å². The number of amides is 2. The van der Waals surface area contributed by atoms with E-state index in [9.17, 15) is 24.5 Å². The van der Waals surface area contributed by atoms with Crippen molar-refractivity contribution in [2.24, 2.45) is 11.8 Å². The Balaban J connectivity index is 1.80. The van der Waals surface area contributed by atoms with Crippen LogP contribution >= 0.6 is 11.6 Å². The van der Waals surface area contributed by atoms with Crippen LogP contribution in [-0.4, -0.2) is 53.8 Å². The highest BCUT2D eigenvalue weighted by Crippen LogP contribution is 2.25. The number of hydrogen-bond acceptors (Lipinski definition) is 6. The maximum atomic E-state index is 12.2. The number of nitrogens with one attached hydrogen (secondary N) is 1. The van der Waals surface area contributed by atoms with Gasteiger partial charge in [0.2, 0.25) is 0 Å². The Kier molecular flexibility index (Phi) is 7.33. The summed E-state index contributed by atoms with van der Waals surface area (Å²) in [6.45, 7) is 4.55. The number of hydrogen-bond donors (Lipinski definition) is 1. The molecule has 0 aliphatic carbocycles. The van der Waals surface area contributed by atoms with Gasteiger partial charge in [0.1, 0.15) is 11.6 Å². The molecule has 1 aromatic rings. The smallest absolute Gasteiger partial charge is 0.325 e. The normalized spacial score (nSPS) is 19.0. The van der Waals surface area contributed by atoms with Crippen LogP contribution in [0.1, 0.15) is 30.6 Å². The molecule has 2 unspecified atom stereocenters. The summed E-state index contributed by atoms with van der Waals surface area (Å²) in [5, 5.41) is 13.1. The molecule has 0 bridgehead atoms. The minimum absolute atomic E-state index is 0.0173. The molecule has 152 valence electrons. The van der Waals surface area contributed by atoms with Crippen molar-refractivity contribution in [3.63, 3.8) is 0 Å². The summed E-state index contributed by atoms with van der Waals surface area (Å²) in [4.78, 5) is 47.8. The molecule has 1 fully saturated rings. The fourth-order valence-electron chi connectivity index (χ4n) is 3.20. The van der Waals surface area contributed by atoms with Crippen LogP contribution in [0.15, 0.2) is 18.2 Å². The first-order chi connectivity index (χ1) is 13.2. The monoisotopic (exact) mass is 411 g/mol. The highest BCUT2D eigenvalue weighted by atomic mass is 35.5. The lowest BCUT2D eigenvalue weighted by Gasteiger charge is -2.34. The summed E-state index contributed by atoms with van der Waals surface area (Å²) < 4.78 is 4.92. The van der Waals surface area contributed by atoms with Crippen molar-refractivity contribution in [2.45, 2.75) is 20.3 Å². The fourth-order valence-corrected chi connectivity index (χ4v) is 3.39. The Hall–Kier alpha value is -2.68. The van der Waals surface area contributed by atoms with Crippen molar-refractivity contribution in [1.82, 2.24) is 10.2 Å². The molecule has 2 rings (SSSR count). The number of likely N-dealkylation sites (tertiary alicyclic amines) is 1. The number of carbonyl (C=O) groups excluding carboxylic acids is 3. The van der Waals surface area contributed by atoms with Gasteiger partial charge in [-0.3, -0.25) is 24.5 Å². The van der Waals surface area contributed by atoms with Crippen LogP contribution < -0.4 is 5.32 Å². The van der Waals surface area contributed by atoms with E-state index in [1.165, 1.54) is 12.1 Å². The van der Waals surface area contributed by atoms with Crippen LogP contribution in [0.4, 0.5) is 5.69 Å². The topological polar surface area (TPSA) is 119 Å².